The van der Waals surface area contributed by atoms with Crippen LogP contribution in [0.25, 0.3) is 0 Å². The van der Waals surface area contributed by atoms with Crippen LogP contribution in [0.1, 0.15) is 142 Å². The quantitative estimate of drug-likeness (QED) is 0.0331. The van der Waals surface area contributed by atoms with Crippen molar-refractivity contribution in [3.63, 3.8) is 0 Å². The fraction of sp³-hybridized carbons (Fsp3) is 0.871. The number of hydrogen-bond acceptors (Lipinski definition) is 7. The molecule has 0 aliphatic carbocycles. The molecule has 0 fully saturated rings. The molecule has 0 aliphatic rings. The van der Waals surface area contributed by atoms with Crippen LogP contribution in [-0.4, -0.2) is 54.3 Å². The maximum atomic E-state index is 12.0. The van der Waals surface area contributed by atoms with Gasteiger partial charge in [0.1, 0.15) is 12.7 Å². The molecule has 0 rings (SSSR count). The molecule has 0 bridgehead atoms. The Labute approximate surface area is 249 Å². The Morgan fingerprint density at radius 2 is 1.24 bits per heavy atom. The van der Waals surface area contributed by atoms with Crippen LogP contribution in [0.2, 0.25) is 0 Å². The number of aliphatic hydroxyl groups excluding tert-OH is 1. The fourth-order valence-corrected chi connectivity index (χ4v) is 4.95. The van der Waals surface area contributed by atoms with Crippen LogP contribution in [0.15, 0.2) is 12.2 Å². The van der Waals surface area contributed by atoms with Gasteiger partial charge in [-0.15, -0.1) is 0 Å². The molecular weight excluding hydrogens is 545 g/mol. The SMILES string of the molecule is CCCCC/C=C\CCCCCCCC(=O)NCCOP(=O)(O)OCC(O)COC(=O)CCCCCCCCCC. The summed E-state index contributed by atoms with van der Waals surface area (Å²) in [5.41, 5.74) is 0. The summed E-state index contributed by atoms with van der Waals surface area (Å²) >= 11 is 0. The highest BCUT2D eigenvalue weighted by Gasteiger charge is 2.23. The molecule has 0 saturated heterocycles. The number of carbonyl (C=O) groups is 2. The van der Waals surface area contributed by atoms with Gasteiger partial charge in [0.2, 0.25) is 5.91 Å². The van der Waals surface area contributed by atoms with Gasteiger partial charge in [0.15, 0.2) is 0 Å². The number of phosphoric ester groups is 1. The van der Waals surface area contributed by atoms with Gasteiger partial charge in [-0.2, -0.15) is 0 Å². The summed E-state index contributed by atoms with van der Waals surface area (Å²) in [6, 6.07) is 0. The zero-order valence-corrected chi connectivity index (χ0v) is 26.9. The van der Waals surface area contributed by atoms with Gasteiger partial charge < -0.3 is 20.1 Å². The molecule has 0 heterocycles. The van der Waals surface area contributed by atoms with Crippen molar-refractivity contribution in [1.82, 2.24) is 5.32 Å². The molecular formula is C31H60NO8P. The number of allylic oxidation sites excluding steroid dienone is 2. The van der Waals surface area contributed by atoms with E-state index in [1.165, 1.54) is 64.2 Å². The van der Waals surface area contributed by atoms with E-state index in [-0.39, 0.29) is 32.1 Å². The lowest BCUT2D eigenvalue weighted by Gasteiger charge is -2.15. The summed E-state index contributed by atoms with van der Waals surface area (Å²) in [6.07, 6.45) is 24.4. The summed E-state index contributed by atoms with van der Waals surface area (Å²) in [5, 5.41) is 12.5. The van der Waals surface area contributed by atoms with Crippen LogP contribution in [-0.2, 0) is 27.9 Å². The Bertz CT molecular complexity index is 704. The highest BCUT2D eigenvalue weighted by molar-refractivity contribution is 7.47. The molecule has 2 unspecified atom stereocenters. The minimum absolute atomic E-state index is 0.0796. The van der Waals surface area contributed by atoms with E-state index in [0.29, 0.717) is 6.42 Å². The predicted molar refractivity (Wildman–Crippen MR) is 165 cm³/mol. The normalized spacial score (nSPS) is 13.8. The molecule has 41 heavy (non-hydrogen) atoms. The minimum Gasteiger partial charge on any atom is -0.463 e. The number of aliphatic hydroxyl groups is 1. The lowest BCUT2D eigenvalue weighted by Crippen LogP contribution is -2.27. The van der Waals surface area contributed by atoms with Crippen LogP contribution in [0.4, 0.5) is 0 Å². The first kappa shape index (κ1) is 39.8. The second kappa shape index (κ2) is 28.9. The third-order valence-corrected chi connectivity index (χ3v) is 7.68. The lowest BCUT2D eigenvalue weighted by molar-refractivity contribution is -0.147. The molecule has 0 aromatic carbocycles. The predicted octanol–water partition coefficient (Wildman–Crippen LogP) is 7.54. The van der Waals surface area contributed by atoms with Gasteiger partial charge in [-0.25, -0.2) is 4.57 Å². The summed E-state index contributed by atoms with van der Waals surface area (Å²) in [5.74, 6) is -0.531. The van der Waals surface area contributed by atoms with Gasteiger partial charge in [-0.1, -0.05) is 103 Å². The maximum Gasteiger partial charge on any atom is 0.472 e. The largest absolute Gasteiger partial charge is 0.472 e. The first-order chi connectivity index (χ1) is 19.8. The second-order valence-corrected chi connectivity index (χ2v) is 12.2. The van der Waals surface area contributed by atoms with Crippen LogP contribution >= 0.6 is 7.82 Å². The van der Waals surface area contributed by atoms with Crippen molar-refractivity contribution in [2.75, 3.05) is 26.4 Å². The summed E-state index contributed by atoms with van der Waals surface area (Å²) in [6.45, 7) is 3.45. The van der Waals surface area contributed by atoms with Crippen molar-refractivity contribution >= 4 is 19.7 Å². The van der Waals surface area contributed by atoms with Crippen molar-refractivity contribution < 1.29 is 37.9 Å². The lowest BCUT2D eigenvalue weighted by atomic mass is 10.1. The minimum atomic E-state index is -4.40. The summed E-state index contributed by atoms with van der Waals surface area (Å²) < 4.78 is 26.6. The molecule has 10 heteroatoms. The molecule has 0 saturated carbocycles. The number of hydrogen-bond donors (Lipinski definition) is 3. The van der Waals surface area contributed by atoms with Crippen LogP contribution < -0.4 is 5.32 Å². The first-order valence-electron chi connectivity index (χ1n) is 16.2. The third kappa shape index (κ3) is 30.0. The molecule has 1 amide bonds. The zero-order chi connectivity index (χ0) is 30.4. The third-order valence-electron chi connectivity index (χ3n) is 6.70. The van der Waals surface area contributed by atoms with E-state index in [4.69, 9.17) is 13.8 Å². The monoisotopic (exact) mass is 605 g/mol. The molecule has 0 spiro atoms. The molecule has 3 N–H and O–H groups in total. The van der Waals surface area contributed by atoms with Crippen molar-refractivity contribution in [3.8, 4) is 0 Å². The van der Waals surface area contributed by atoms with Gasteiger partial charge in [0.25, 0.3) is 0 Å². The Morgan fingerprint density at radius 1 is 0.732 bits per heavy atom. The van der Waals surface area contributed by atoms with Crippen LogP contribution in [0.5, 0.6) is 0 Å². The molecule has 0 radical (unpaired) electrons. The van der Waals surface area contributed by atoms with E-state index in [1.807, 2.05) is 0 Å². The number of amides is 1. The van der Waals surface area contributed by atoms with Crippen LogP contribution in [0.3, 0.4) is 0 Å². The Hall–Kier alpha value is -1.25. The molecule has 9 nitrogen and oxygen atoms in total. The molecule has 0 aromatic heterocycles. The maximum absolute atomic E-state index is 12.0. The van der Waals surface area contributed by atoms with Crippen molar-refractivity contribution in [2.24, 2.45) is 0 Å². The average Bonchev–Trinajstić information content (AvgIpc) is 2.95. The number of rotatable bonds is 30. The number of ether oxygens (including phenoxy) is 1. The average molecular weight is 606 g/mol. The van der Waals surface area contributed by atoms with E-state index < -0.39 is 26.5 Å². The standard InChI is InChI=1S/C31H60NO8P/c1-3-5-7-9-11-13-14-15-16-17-19-21-23-30(34)32-25-26-39-41(36,37)40-28-29(33)27-38-31(35)24-22-20-18-12-10-8-6-4-2/h11,13,29,33H,3-10,12,14-28H2,1-2H3,(H,32,34)(H,36,37)/b13-11-. The Morgan fingerprint density at radius 3 is 1.88 bits per heavy atom. The van der Waals surface area contributed by atoms with E-state index in [2.05, 4.69) is 31.3 Å². The van der Waals surface area contributed by atoms with Crippen LogP contribution in [0, 0.1) is 0 Å². The highest BCUT2D eigenvalue weighted by atomic mass is 31.2. The van der Waals surface area contributed by atoms with Gasteiger partial charge >= 0.3 is 13.8 Å². The highest BCUT2D eigenvalue weighted by Crippen LogP contribution is 2.42. The van der Waals surface area contributed by atoms with Gasteiger partial charge in [-0.05, 0) is 38.5 Å². The van der Waals surface area contributed by atoms with E-state index in [0.717, 1.165) is 51.4 Å². The summed E-state index contributed by atoms with van der Waals surface area (Å²) in [4.78, 5) is 33.5. The van der Waals surface area contributed by atoms with Crippen molar-refractivity contribution in [2.45, 2.75) is 148 Å². The molecule has 0 aromatic rings. The smallest absolute Gasteiger partial charge is 0.463 e. The zero-order valence-electron chi connectivity index (χ0n) is 26.0. The van der Waals surface area contributed by atoms with Gasteiger partial charge in [-0.3, -0.25) is 18.6 Å². The van der Waals surface area contributed by atoms with Gasteiger partial charge in [0, 0.05) is 19.4 Å². The Balaban J connectivity index is 3.67. The second-order valence-electron chi connectivity index (χ2n) is 10.8. The number of esters is 1. The first-order valence-corrected chi connectivity index (χ1v) is 17.7. The fourth-order valence-electron chi connectivity index (χ4n) is 4.20. The van der Waals surface area contributed by atoms with Gasteiger partial charge in [0.05, 0.1) is 13.2 Å². The molecule has 242 valence electrons. The topological polar surface area (TPSA) is 131 Å². The number of carbonyl (C=O) groups excluding carboxylic acids is 2. The van der Waals surface area contributed by atoms with E-state index in [9.17, 15) is 24.2 Å². The number of nitrogens with one attached hydrogen (secondary N) is 1. The molecule has 0 aliphatic heterocycles. The van der Waals surface area contributed by atoms with E-state index >= 15 is 0 Å². The van der Waals surface area contributed by atoms with E-state index in [1.54, 1.807) is 0 Å². The van der Waals surface area contributed by atoms with Crippen molar-refractivity contribution in [3.05, 3.63) is 12.2 Å². The molecule has 2 atom stereocenters. The number of unbranched alkanes of at least 4 members (excludes halogenated alkanes) is 15. The van der Waals surface area contributed by atoms with Crippen molar-refractivity contribution in [1.29, 1.82) is 0 Å². The summed E-state index contributed by atoms with van der Waals surface area (Å²) in [7, 11) is -4.40. The Kier molecular flexibility index (Phi) is 28.0. The number of phosphoric acid groups is 1.